The molecule has 1 amide bonds. The summed E-state index contributed by atoms with van der Waals surface area (Å²) >= 11 is 17.4. The van der Waals surface area contributed by atoms with Gasteiger partial charge in [-0.2, -0.15) is 0 Å². The molecule has 0 unspecified atom stereocenters. The molecule has 1 aromatic heterocycles. The van der Waals surface area contributed by atoms with Crippen molar-refractivity contribution in [3.8, 4) is 17.2 Å². The predicted molar refractivity (Wildman–Crippen MR) is 141 cm³/mol. The summed E-state index contributed by atoms with van der Waals surface area (Å²) in [5.74, 6) is 0.560. The molecule has 0 bridgehead atoms. The van der Waals surface area contributed by atoms with Crippen LogP contribution in [0.3, 0.4) is 0 Å². The van der Waals surface area contributed by atoms with E-state index in [0.717, 1.165) is 5.69 Å². The molecule has 0 aliphatic rings. The third-order valence-corrected chi connectivity index (χ3v) is 5.46. The number of amides is 1. The van der Waals surface area contributed by atoms with E-state index in [0.29, 0.717) is 45.4 Å². The Morgan fingerprint density at radius 2 is 1.69 bits per heavy atom. The van der Waals surface area contributed by atoms with Crippen LogP contribution in [0, 0.1) is 0 Å². The lowest BCUT2D eigenvalue weighted by molar-refractivity contribution is 0.0949. The molecule has 0 radical (unpaired) electrons. The van der Waals surface area contributed by atoms with E-state index in [1.807, 2.05) is 42.5 Å². The first kappa shape index (κ1) is 24.5. The molecule has 0 atom stereocenters. The number of rotatable bonds is 8. The number of hydrogen-bond acceptors (Lipinski definition) is 5. The second kappa shape index (κ2) is 11.7. The van der Waals surface area contributed by atoms with E-state index < -0.39 is 0 Å². The maximum atomic E-state index is 12.5. The monoisotopic (exact) mass is 526 g/mol. The molecule has 1 heterocycles. The number of nitrogens with one attached hydrogen (secondary N) is 3. The topological polar surface area (TPSA) is 93.1 Å². The molecule has 8 nitrogen and oxygen atoms in total. The summed E-state index contributed by atoms with van der Waals surface area (Å²) in [5.41, 5.74) is 1.63. The van der Waals surface area contributed by atoms with Gasteiger partial charge in [0.05, 0.1) is 11.2 Å². The second-order valence-electron chi connectivity index (χ2n) is 7.20. The van der Waals surface area contributed by atoms with Crippen LogP contribution in [-0.2, 0) is 0 Å². The number of halogens is 2. The molecule has 0 saturated carbocycles. The number of para-hydroxylation sites is 3. The van der Waals surface area contributed by atoms with Crippen molar-refractivity contribution in [1.82, 2.24) is 25.6 Å². The fourth-order valence-electron chi connectivity index (χ4n) is 3.03. The van der Waals surface area contributed by atoms with Crippen molar-refractivity contribution < 1.29 is 9.53 Å². The van der Waals surface area contributed by atoms with Crippen LogP contribution in [0.15, 0.2) is 79.0 Å². The van der Waals surface area contributed by atoms with Gasteiger partial charge in [0.1, 0.15) is 11.4 Å². The van der Waals surface area contributed by atoms with Gasteiger partial charge in [-0.3, -0.25) is 4.79 Å². The van der Waals surface area contributed by atoms with Gasteiger partial charge in [0, 0.05) is 23.8 Å². The normalized spacial score (nSPS) is 10.5. The zero-order valence-electron chi connectivity index (χ0n) is 18.2. The van der Waals surface area contributed by atoms with E-state index in [1.165, 1.54) is 10.9 Å². The van der Waals surface area contributed by atoms with Gasteiger partial charge in [-0.1, -0.05) is 58.7 Å². The molecule has 35 heavy (non-hydrogen) atoms. The first-order chi connectivity index (χ1) is 17.0. The van der Waals surface area contributed by atoms with E-state index in [-0.39, 0.29) is 11.6 Å². The first-order valence-corrected chi connectivity index (χ1v) is 11.7. The van der Waals surface area contributed by atoms with E-state index in [1.54, 1.807) is 30.3 Å². The fourth-order valence-corrected chi connectivity index (χ4v) is 3.70. The number of carbonyl (C=O) groups excluding carboxylic acids is 1. The lowest BCUT2D eigenvalue weighted by atomic mass is 10.3. The molecule has 11 heteroatoms. The molecule has 3 N–H and O–H groups in total. The molecular formula is C24H20Cl2N6O2S. The van der Waals surface area contributed by atoms with Gasteiger partial charge in [0.15, 0.2) is 16.6 Å². The van der Waals surface area contributed by atoms with Gasteiger partial charge in [0.25, 0.3) is 5.91 Å². The molecular weight excluding hydrogens is 507 g/mol. The van der Waals surface area contributed by atoms with Gasteiger partial charge in [-0.15, -0.1) is 5.10 Å². The van der Waals surface area contributed by atoms with Crippen molar-refractivity contribution in [2.45, 2.75) is 0 Å². The van der Waals surface area contributed by atoms with Crippen LogP contribution in [0.2, 0.25) is 10.0 Å². The van der Waals surface area contributed by atoms with Crippen molar-refractivity contribution in [2.75, 3.05) is 18.4 Å². The zero-order valence-corrected chi connectivity index (χ0v) is 20.6. The van der Waals surface area contributed by atoms with Gasteiger partial charge < -0.3 is 20.7 Å². The van der Waals surface area contributed by atoms with Gasteiger partial charge >= 0.3 is 0 Å². The number of nitrogens with zero attached hydrogens (tertiary/aromatic N) is 3. The Morgan fingerprint density at radius 1 is 0.943 bits per heavy atom. The van der Waals surface area contributed by atoms with Crippen molar-refractivity contribution in [1.29, 1.82) is 0 Å². The minimum atomic E-state index is -0.362. The van der Waals surface area contributed by atoms with Crippen LogP contribution in [-0.4, -0.2) is 39.1 Å². The largest absolute Gasteiger partial charge is 0.454 e. The van der Waals surface area contributed by atoms with E-state index in [2.05, 4.69) is 26.3 Å². The first-order valence-electron chi connectivity index (χ1n) is 10.5. The van der Waals surface area contributed by atoms with Crippen molar-refractivity contribution in [3.63, 3.8) is 0 Å². The molecule has 4 aromatic rings. The average Bonchev–Trinajstić information content (AvgIpc) is 3.35. The summed E-state index contributed by atoms with van der Waals surface area (Å²) in [5, 5.41) is 18.3. The highest BCUT2D eigenvalue weighted by Crippen LogP contribution is 2.34. The molecule has 3 aromatic carbocycles. The van der Waals surface area contributed by atoms with Crippen LogP contribution >= 0.6 is 35.4 Å². The SMILES string of the molecule is O=C(NCCNC(=S)Nc1ccccc1)c1cn(-c2ccccc2Oc2ccc(Cl)cc2Cl)nn1. The van der Waals surface area contributed by atoms with Crippen LogP contribution in [0.4, 0.5) is 5.69 Å². The Kier molecular flexibility index (Phi) is 8.15. The average molecular weight is 527 g/mol. The number of carbonyl (C=O) groups is 1. The molecule has 0 fully saturated rings. The molecule has 0 spiro atoms. The maximum absolute atomic E-state index is 12.5. The predicted octanol–water partition coefficient (Wildman–Crippen LogP) is 5.08. The third-order valence-electron chi connectivity index (χ3n) is 4.68. The summed E-state index contributed by atoms with van der Waals surface area (Å²) < 4.78 is 7.42. The highest BCUT2D eigenvalue weighted by molar-refractivity contribution is 7.80. The molecule has 0 saturated heterocycles. The molecule has 0 aliphatic heterocycles. The molecule has 178 valence electrons. The Morgan fingerprint density at radius 3 is 2.49 bits per heavy atom. The Labute approximate surface area is 217 Å². The Hall–Kier alpha value is -3.66. The van der Waals surface area contributed by atoms with Crippen molar-refractivity contribution in [2.24, 2.45) is 0 Å². The van der Waals surface area contributed by atoms with Gasteiger partial charge in [-0.25, -0.2) is 4.68 Å². The van der Waals surface area contributed by atoms with Crippen LogP contribution in [0.25, 0.3) is 5.69 Å². The number of aromatic nitrogens is 3. The number of thiocarbonyl (C=S) groups is 1. The quantitative estimate of drug-likeness (QED) is 0.217. The van der Waals surface area contributed by atoms with E-state index >= 15 is 0 Å². The maximum Gasteiger partial charge on any atom is 0.273 e. The minimum absolute atomic E-state index is 0.161. The summed E-state index contributed by atoms with van der Waals surface area (Å²) in [6.45, 7) is 0.786. The second-order valence-corrected chi connectivity index (χ2v) is 8.45. The molecule has 0 aliphatic carbocycles. The Bertz CT molecular complexity index is 1330. The summed E-state index contributed by atoms with van der Waals surface area (Å²) in [4.78, 5) is 12.5. The lowest BCUT2D eigenvalue weighted by Gasteiger charge is -2.12. The Balaban J connectivity index is 1.33. The van der Waals surface area contributed by atoms with Crippen LogP contribution in [0.1, 0.15) is 10.5 Å². The summed E-state index contributed by atoms with van der Waals surface area (Å²) in [6.07, 6.45) is 1.52. The number of ether oxygens (including phenoxy) is 1. The van der Waals surface area contributed by atoms with Crippen molar-refractivity contribution in [3.05, 3.63) is 94.7 Å². The number of benzene rings is 3. The van der Waals surface area contributed by atoms with E-state index in [9.17, 15) is 4.79 Å². The standard InChI is InChI=1S/C24H20Cl2N6O2S/c25-16-10-11-21(18(26)14-16)34-22-9-5-4-8-20(22)32-15-19(30-31-32)23(33)27-12-13-28-24(35)29-17-6-2-1-3-7-17/h1-11,14-15H,12-13H2,(H,27,33)(H2,28,29,35). The zero-order chi connectivity index (χ0) is 24.6. The van der Waals surface area contributed by atoms with Crippen LogP contribution in [0.5, 0.6) is 11.5 Å². The highest BCUT2D eigenvalue weighted by atomic mass is 35.5. The lowest BCUT2D eigenvalue weighted by Crippen LogP contribution is -2.36. The van der Waals surface area contributed by atoms with Crippen molar-refractivity contribution >= 4 is 52.1 Å². The smallest absolute Gasteiger partial charge is 0.273 e. The summed E-state index contributed by atoms with van der Waals surface area (Å²) in [7, 11) is 0. The van der Waals surface area contributed by atoms with Gasteiger partial charge in [0.2, 0.25) is 0 Å². The van der Waals surface area contributed by atoms with Crippen LogP contribution < -0.4 is 20.7 Å². The minimum Gasteiger partial charge on any atom is -0.454 e. The fraction of sp³-hybridized carbons (Fsp3) is 0.0833. The summed E-state index contributed by atoms with van der Waals surface area (Å²) in [6, 6.07) is 21.7. The third kappa shape index (κ3) is 6.69. The number of hydrogen-bond donors (Lipinski definition) is 3. The van der Waals surface area contributed by atoms with E-state index in [4.69, 9.17) is 40.2 Å². The van der Waals surface area contributed by atoms with Gasteiger partial charge in [-0.05, 0) is 54.7 Å². The molecule has 4 rings (SSSR count). The highest BCUT2D eigenvalue weighted by Gasteiger charge is 2.15. The number of anilines is 1.